The van der Waals surface area contributed by atoms with Gasteiger partial charge in [0.25, 0.3) is 5.91 Å². The Morgan fingerprint density at radius 1 is 1.24 bits per heavy atom. The molecule has 1 aromatic carbocycles. The molecule has 0 saturated carbocycles. The topological polar surface area (TPSA) is 122 Å². The third-order valence-electron chi connectivity index (χ3n) is 3.08. The second-order valence-corrected chi connectivity index (χ2v) is 7.36. The Bertz CT molecular complexity index is 760. The molecule has 1 aromatic rings. The number of benzene rings is 1. The first-order valence-corrected chi connectivity index (χ1v) is 8.85. The third-order valence-corrected chi connectivity index (χ3v) is 4.89. The van der Waals surface area contributed by atoms with Crippen LogP contribution in [0.3, 0.4) is 0 Å². The number of imide groups is 1. The lowest BCUT2D eigenvalue weighted by atomic mass is 10.2. The summed E-state index contributed by atoms with van der Waals surface area (Å²) in [6.07, 6.45) is -1.23. The Morgan fingerprint density at radius 3 is 2.44 bits per heavy atom. The number of nitrogens with one attached hydrogen (secondary N) is 2. The molecule has 0 aromatic heterocycles. The maximum atomic E-state index is 12.1. The molecular formula is C15H21N3O6S. The molecule has 0 fully saturated rings. The molecule has 1 unspecified atom stereocenters. The number of nitrogens with zero attached hydrogens (tertiary/aromatic N) is 1. The minimum Gasteiger partial charge on any atom is -0.449 e. The first-order chi connectivity index (χ1) is 11.6. The lowest BCUT2D eigenvalue weighted by Crippen LogP contribution is -2.44. The van der Waals surface area contributed by atoms with Crippen molar-refractivity contribution in [3.63, 3.8) is 0 Å². The highest BCUT2D eigenvalue weighted by Gasteiger charge is 2.23. The van der Waals surface area contributed by atoms with Crippen molar-refractivity contribution in [2.75, 3.05) is 20.6 Å². The van der Waals surface area contributed by atoms with Gasteiger partial charge in [0, 0.05) is 20.6 Å². The molecule has 0 spiro atoms. The molecule has 25 heavy (non-hydrogen) atoms. The van der Waals surface area contributed by atoms with Crippen LogP contribution in [0.1, 0.15) is 24.2 Å². The summed E-state index contributed by atoms with van der Waals surface area (Å²) in [6.45, 7) is 3.32. The van der Waals surface area contributed by atoms with Gasteiger partial charge in [-0.25, -0.2) is 22.3 Å². The Morgan fingerprint density at radius 2 is 1.88 bits per heavy atom. The molecule has 3 amide bonds. The van der Waals surface area contributed by atoms with Crippen LogP contribution < -0.4 is 10.6 Å². The highest BCUT2D eigenvalue weighted by Crippen LogP contribution is 2.16. The number of hydrogen-bond acceptors (Lipinski definition) is 6. The van der Waals surface area contributed by atoms with Crippen LogP contribution in [0.2, 0.25) is 0 Å². The number of amides is 3. The van der Waals surface area contributed by atoms with Gasteiger partial charge >= 0.3 is 12.0 Å². The molecule has 0 heterocycles. The number of ether oxygens (including phenoxy) is 1. The Hall–Kier alpha value is -2.46. The predicted octanol–water partition coefficient (Wildman–Crippen LogP) is 0.328. The maximum Gasteiger partial charge on any atom is 0.338 e. The molecule has 0 bridgehead atoms. The number of urea groups is 1. The summed E-state index contributed by atoms with van der Waals surface area (Å²) in [4.78, 5) is 35.1. The van der Waals surface area contributed by atoms with Crippen molar-refractivity contribution in [2.45, 2.75) is 24.8 Å². The van der Waals surface area contributed by atoms with E-state index in [0.717, 1.165) is 10.4 Å². The molecule has 0 aliphatic rings. The molecular weight excluding hydrogens is 350 g/mol. The molecule has 1 atom stereocenters. The summed E-state index contributed by atoms with van der Waals surface area (Å²) in [5, 5.41) is 4.39. The predicted molar refractivity (Wildman–Crippen MR) is 89.4 cm³/mol. The van der Waals surface area contributed by atoms with E-state index in [0.29, 0.717) is 6.54 Å². The second kappa shape index (κ2) is 8.58. The van der Waals surface area contributed by atoms with Gasteiger partial charge in [0.05, 0.1) is 10.5 Å². The van der Waals surface area contributed by atoms with Gasteiger partial charge in [0.2, 0.25) is 10.0 Å². The Labute approximate surface area is 146 Å². The van der Waals surface area contributed by atoms with E-state index in [9.17, 15) is 22.8 Å². The van der Waals surface area contributed by atoms with Crippen molar-refractivity contribution in [1.29, 1.82) is 0 Å². The van der Waals surface area contributed by atoms with Crippen molar-refractivity contribution in [2.24, 2.45) is 0 Å². The lowest BCUT2D eigenvalue weighted by Gasteiger charge is -2.14. The van der Waals surface area contributed by atoms with Crippen molar-refractivity contribution < 1.29 is 27.5 Å². The minimum absolute atomic E-state index is 0.0272. The molecule has 138 valence electrons. The van der Waals surface area contributed by atoms with E-state index in [4.69, 9.17) is 4.74 Å². The van der Waals surface area contributed by atoms with Crippen LogP contribution in [-0.2, 0) is 19.6 Å². The zero-order valence-electron chi connectivity index (χ0n) is 14.4. The van der Waals surface area contributed by atoms with Crippen molar-refractivity contribution in [3.05, 3.63) is 29.8 Å². The van der Waals surface area contributed by atoms with Crippen LogP contribution in [0.5, 0.6) is 0 Å². The molecule has 0 aliphatic carbocycles. The zero-order valence-corrected chi connectivity index (χ0v) is 15.2. The van der Waals surface area contributed by atoms with Crippen LogP contribution in [0.25, 0.3) is 0 Å². The van der Waals surface area contributed by atoms with Crippen molar-refractivity contribution in [1.82, 2.24) is 14.9 Å². The second-order valence-electron chi connectivity index (χ2n) is 5.21. The summed E-state index contributed by atoms with van der Waals surface area (Å²) in [5.41, 5.74) is -0.0272. The van der Waals surface area contributed by atoms with E-state index < -0.39 is 34.0 Å². The van der Waals surface area contributed by atoms with Gasteiger partial charge in [0.15, 0.2) is 6.10 Å². The average Bonchev–Trinajstić information content (AvgIpc) is 2.54. The molecule has 0 aliphatic heterocycles. The highest BCUT2D eigenvalue weighted by atomic mass is 32.2. The van der Waals surface area contributed by atoms with Gasteiger partial charge in [-0.1, -0.05) is 6.07 Å². The number of carbonyl (C=O) groups is 3. The van der Waals surface area contributed by atoms with Gasteiger partial charge in [-0.2, -0.15) is 0 Å². The molecule has 1 rings (SSSR count). The fourth-order valence-corrected chi connectivity index (χ4v) is 2.64. The smallest absolute Gasteiger partial charge is 0.338 e. The SMILES string of the molecule is CCNC(=O)NC(=O)C(C)OC(=O)c1cccc(S(=O)(=O)N(C)C)c1. The molecule has 0 saturated heterocycles. The first-order valence-electron chi connectivity index (χ1n) is 7.41. The summed E-state index contributed by atoms with van der Waals surface area (Å²) in [5.74, 6) is -1.68. The Balaban J connectivity index is 2.84. The summed E-state index contributed by atoms with van der Waals surface area (Å²) in [6, 6.07) is 4.57. The summed E-state index contributed by atoms with van der Waals surface area (Å²) in [7, 11) is -0.968. The number of carbonyl (C=O) groups excluding carboxylic acids is 3. The standard InChI is InChI=1S/C15H21N3O6S/c1-5-16-15(21)17-13(19)10(2)24-14(20)11-7-6-8-12(9-11)25(22,23)18(3)4/h6-10H,5H2,1-4H3,(H2,16,17,19,21). The number of rotatable bonds is 6. The summed E-state index contributed by atoms with van der Waals surface area (Å²) >= 11 is 0. The number of sulfonamides is 1. The van der Waals surface area contributed by atoms with Crippen LogP contribution in [0, 0.1) is 0 Å². The van der Waals surface area contributed by atoms with E-state index >= 15 is 0 Å². The number of hydrogen-bond donors (Lipinski definition) is 2. The molecule has 9 nitrogen and oxygen atoms in total. The van der Waals surface area contributed by atoms with Crippen LogP contribution in [0.15, 0.2) is 29.2 Å². The van der Waals surface area contributed by atoms with Gasteiger partial charge in [-0.05, 0) is 32.0 Å². The van der Waals surface area contributed by atoms with Gasteiger partial charge in [0.1, 0.15) is 0 Å². The van der Waals surface area contributed by atoms with Crippen molar-refractivity contribution in [3.8, 4) is 0 Å². The quantitative estimate of drug-likeness (QED) is 0.695. The molecule has 2 N–H and O–H groups in total. The van der Waals surface area contributed by atoms with Gasteiger partial charge in [-0.15, -0.1) is 0 Å². The summed E-state index contributed by atoms with van der Waals surface area (Å²) < 4.78 is 30.2. The minimum atomic E-state index is -3.71. The van der Waals surface area contributed by atoms with Gasteiger partial charge < -0.3 is 10.1 Å². The zero-order chi connectivity index (χ0) is 19.2. The lowest BCUT2D eigenvalue weighted by molar-refractivity contribution is -0.127. The first kappa shape index (κ1) is 20.6. The van der Waals surface area contributed by atoms with E-state index in [-0.39, 0.29) is 10.5 Å². The van der Waals surface area contributed by atoms with E-state index in [2.05, 4.69) is 5.32 Å². The highest BCUT2D eigenvalue weighted by molar-refractivity contribution is 7.89. The van der Waals surface area contributed by atoms with E-state index in [1.807, 2.05) is 5.32 Å². The van der Waals surface area contributed by atoms with E-state index in [1.165, 1.54) is 39.2 Å². The molecule has 10 heteroatoms. The fourth-order valence-electron chi connectivity index (χ4n) is 1.69. The molecule has 0 radical (unpaired) electrons. The third kappa shape index (κ3) is 5.54. The fraction of sp³-hybridized carbons (Fsp3) is 0.400. The van der Waals surface area contributed by atoms with Crippen LogP contribution in [-0.4, -0.2) is 57.4 Å². The van der Waals surface area contributed by atoms with Crippen molar-refractivity contribution >= 4 is 27.9 Å². The monoisotopic (exact) mass is 371 g/mol. The average molecular weight is 371 g/mol. The van der Waals surface area contributed by atoms with E-state index in [1.54, 1.807) is 6.92 Å². The maximum absolute atomic E-state index is 12.1. The van der Waals surface area contributed by atoms with Gasteiger partial charge in [-0.3, -0.25) is 10.1 Å². The largest absolute Gasteiger partial charge is 0.449 e. The van der Waals surface area contributed by atoms with Crippen LogP contribution in [0.4, 0.5) is 4.79 Å². The Kier molecular flexibility index (Phi) is 7.07. The number of esters is 1. The normalized spacial score (nSPS) is 12.4. The van der Waals surface area contributed by atoms with Crippen LogP contribution >= 0.6 is 0 Å².